The third-order valence-electron chi connectivity index (χ3n) is 3.13. The second-order valence-corrected chi connectivity index (χ2v) is 5.66. The van der Waals surface area contributed by atoms with E-state index < -0.39 is 17.6 Å². The van der Waals surface area contributed by atoms with Crippen LogP contribution in [-0.2, 0) is 4.79 Å². The Bertz CT molecular complexity index is 488. The molecule has 1 rings (SSSR count). The number of rotatable bonds is 6. The number of hydrogen-bond acceptors (Lipinski definition) is 3. The fraction of sp³-hybridized carbons (Fsp3) is 0.538. The van der Waals surface area contributed by atoms with Crippen LogP contribution in [0.3, 0.4) is 0 Å². The lowest BCUT2D eigenvalue weighted by Gasteiger charge is -2.31. The Hall–Kier alpha value is -1.57. The molecule has 1 unspecified atom stereocenters. The molecule has 0 aromatic carbocycles. The highest BCUT2D eigenvalue weighted by Crippen LogP contribution is 2.32. The van der Waals surface area contributed by atoms with Crippen LogP contribution >= 0.6 is 11.3 Å². The Morgan fingerprint density at radius 3 is 2.48 bits per heavy atom. The fourth-order valence-corrected chi connectivity index (χ4v) is 2.15. The van der Waals surface area contributed by atoms with E-state index in [0.29, 0.717) is 4.88 Å². The van der Waals surface area contributed by atoms with Gasteiger partial charge < -0.3 is 10.6 Å². The van der Waals surface area contributed by atoms with Crippen LogP contribution in [0, 0.1) is 0 Å². The summed E-state index contributed by atoms with van der Waals surface area (Å²) < 4.78 is 38.5. The Kier molecular flexibility index (Phi) is 5.77. The van der Waals surface area contributed by atoms with Crippen molar-refractivity contribution in [1.29, 1.82) is 0 Å². The molecule has 2 N–H and O–H groups in total. The minimum Gasteiger partial charge on any atom is -0.351 e. The lowest BCUT2D eigenvalue weighted by Crippen LogP contribution is -2.56. The van der Waals surface area contributed by atoms with E-state index in [-0.39, 0.29) is 25.3 Å². The molecule has 21 heavy (non-hydrogen) atoms. The number of nitrogens with one attached hydrogen (secondary N) is 2. The molecule has 0 radical (unpaired) electrons. The van der Waals surface area contributed by atoms with E-state index in [1.165, 1.54) is 18.3 Å². The standard InChI is InChI=1S/C13H17F3N2O2S/c1-3-12(2,13(14,15)16)18-10(19)6-7-17-11(20)9-5-4-8-21-9/h4-5,8H,3,6-7H2,1-2H3,(H,17,20)(H,18,19). The second kappa shape index (κ2) is 6.93. The van der Waals surface area contributed by atoms with Gasteiger partial charge in [-0.2, -0.15) is 13.2 Å². The van der Waals surface area contributed by atoms with Gasteiger partial charge in [0.05, 0.1) is 4.88 Å². The molecule has 8 heteroatoms. The number of halogens is 3. The van der Waals surface area contributed by atoms with E-state index in [1.807, 2.05) is 5.32 Å². The van der Waals surface area contributed by atoms with E-state index >= 15 is 0 Å². The SMILES string of the molecule is CCC(C)(NC(=O)CCNC(=O)c1cccs1)C(F)(F)F. The van der Waals surface area contributed by atoms with Crippen molar-refractivity contribution in [3.8, 4) is 0 Å². The predicted molar refractivity (Wildman–Crippen MR) is 74.2 cm³/mol. The first-order valence-electron chi connectivity index (χ1n) is 6.39. The van der Waals surface area contributed by atoms with Crippen LogP contribution in [-0.4, -0.2) is 30.1 Å². The minimum atomic E-state index is -4.52. The number of carbonyl (C=O) groups excluding carboxylic acids is 2. The van der Waals surface area contributed by atoms with Gasteiger partial charge in [-0.15, -0.1) is 11.3 Å². The zero-order valence-electron chi connectivity index (χ0n) is 11.7. The third-order valence-corrected chi connectivity index (χ3v) is 4.00. The number of alkyl halides is 3. The van der Waals surface area contributed by atoms with Crippen molar-refractivity contribution in [1.82, 2.24) is 10.6 Å². The molecule has 1 atom stereocenters. The van der Waals surface area contributed by atoms with Gasteiger partial charge in [0, 0.05) is 13.0 Å². The number of thiophene rings is 1. The average Bonchev–Trinajstić information content (AvgIpc) is 2.90. The molecule has 0 saturated carbocycles. The molecule has 1 heterocycles. The van der Waals surface area contributed by atoms with Crippen LogP contribution in [0.25, 0.3) is 0 Å². The Morgan fingerprint density at radius 2 is 2.00 bits per heavy atom. The van der Waals surface area contributed by atoms with Crippen molar-refractivity contribution < 1.29 is 22.8 Å². The number of carbonyl (C=O) groups is 2. The van der Waals surface area contributed by atoms with Crippen LogP contribution in [0.2, 0.25) is 0 Å². The van der Waals surface area contributed by atoms with E-state index in [4.69, 9.17) is 0 Å². The van der Waals surface area contributed by atoms with Crippen molar-refractivity contribution in [2.45, 2.75) is 38.4 Å². The highest BCUT2D eigenvalue weighted by molar-refractivity contribution is 7.12. The van der Waals surface area contributed by atoms with Crippen molar-refractivity contribution in [3.63, 3.8) is 0 Å². The van der Waals surface area contributed by atoms with Crippen molar-refractivity contribution in [2.75, 3.05) is 6.54 Å². The molecule has 2 amide bonds. The van der Waals surface area contributed by atoms with Gasteiger partial charge in [-0.05, 0) is 24.8 Å². The van der Waals surface area contributed by atoms with Crippen molar-refractivity contribution >= 4 is 23.2 Å². The van der Waals surface area contributed by atoms with E-state index in [2.05, 4.69) is 5.32 Å². The maximum absolute atomic E-state index is 12.8. The minimum absolute atomic E-state index is 0.0137. The van der Waals surface area contributed by atoms with Gasteiger partial charge in [0.25, 0.3) is 5.91 Å². The van der Waals surface area contributed by atoms with Crippen molar-refractivity contribution in [2.24, 2.45) is 0 Å². The summed E-state index contributed by atoms with van der Waals surface area (Å²) in [7, 11) is 0. The summed E-state index contributed by atoms with van der Waals surface area (Å²) in [4.78, 5) is 23.6. The summed E-state index contributed by atoms with van der Waals surface area (Å²) in [6, 6.07) is 3.33. The molecule has 0 fully saturated rings. The molecular formula is C13H17F3N2O2S. The lowest BCUT2D eigenvalue weighted by molar-refractivity contribution is -0.194. The van der Waals surface area contributed by atoms with Crippen LogP contribution < -0.4 is 10.6 Å². The third kappa shape index (κ3) is 4.73. The Balaban J connectivity index is 2.42. The molecule has 1 aromatic rings. The molecule has 0 aliphatic carbocycles. The van der Waals surface area contributed by atoms with Gasteiger partial charge in [0.15, 0.2) is 0 Å². The molecule has 4 nitrogen and oxygen atoms in total. The average molecular weight is 322 g/mol. The molecule has 0 saturated heterocycles. The summed E-state index contributed by atoms with van der Waals surface area (Å²) in [5.74, 6) is -1.09. The molecule has 118 valence electrons. The van der Waals surface area contributed by atoms with Gasteiger partial charge >= 0.3 is 6.18 Å². The van der Waals surface area contributed by atoms with Gasteiger partial charge in [-0.3, -0.25) is 9.59 Å². The van der Waals surface area contributed by atoms with E-state index in [9.17, 15) is 22.8 Å². The molecule has 0 aliphatic rings. The first-order chi connectivity index (χ1) is 9.69. The van der Waals surface area contributed by atoms with Crippen LogP contribution in [0.4, 0.5) is 13.2 Å². The lowest BCUT2D eigenvalue weighted by atomic mass is 9.98. The largest absolute Gasteiger partial charge is 0.411 e. The van der Waals surface area contributed by atoms with Crippen molar-refractivity contribution in [3.05, 3.63) is 22.4 Å². The maximum atomic E-state index is 12.8. The normalized spacial score (nSPS) is 14.3. The highest BCUT2D eigenvalue weighted by atomic mass is 32.1. The maximum Gasteiger partial charge on any atom is 0.411 e. The quantitative estimate of drug-likeness (QED) is 0.846. The number of hydrogen-bond donors (Lipinski definition) is 2. The fourth-order valence-electron chi connectivity index (χ4n) is 1.51. The predicted octanol–water partition coefficient (Wildman–Crippen LogP) is 2.72. The zero-order chi connectivity index (χ0) is 16.1. The molecule has 1 aromatic heterocycles. The molecular weight excluding hydrogens is 305 g/mol. The first-order valence-corrected chi connectivity index (χ1v) is 7.27. The van der Waals surface area contributed by atoms with Crippen LogP contribution in [0.1, 0.15) is 36.4 Å². The monoisotopic (exact) mass is 322 g/mol. The van der Waals surface area contributed by atoms with Gasteiger partial charge in [-0.25, -0.2) is 0 Å². The molecule has 0 spiro atoms. The topological polar surface area (TPSA) is 58.2 Å². The summed E-state index contributed by atoms with van der Waals surface area (Å²) in [5, 5.41) is 6.20. The van der Waals surface area contributed by atoms with Gasteiger partial charge in [-0.1, -0.05) is 13.0 Å². The smallest absolute Gasteiger partial charge is 0.351 e. The number of amides is 2. The van der Waals surface area contributed by atoms with E-state index in [0.717, 1.165) is 6.92 Å². The van der Waals surface area contributed by atoms with E-state index in [1.54, 1.807) is 17.5 Å². The zero-order valence-corrected chi connectivity index (χ0v) is 12.5. The highest BCUT2D eigenvalue weighted by Gasteiger charge is 2.50. The Morgan fingerprint density at radius 1 is 1.33 bits per heavy atom. The van der Waals surface area contributed by atoms with Crippen LogP contribution in [0.15, 0.2) is 17.5 Å². The second-order valence-electron chi connectivity index (χ2n) is 4.71. The van der Waals surface area contributed by atoms with Crippen LogP contribution in [0.5, 0.6) is 0 Å². The summed E-state index contributed by atoms with van der Waals surface area (Å²) >= 11 is 1.25. The first kappa shape index (κ1) is 17.5. The van der Waals surface area contributed by atoms with Gasteiger partial charge in [0.1, 0.15) is 5.54 Å². The Labute approximate surface area is 124 Å². The van der Waals surface area contributed by atoms with Gasteiger partial charge in [0.2, 0.25) is 5.91 Å². The summed E-state index contributed by atoms with van der Waals surface area (Å²) in [6.07, 6.45) is -4.98. The summed E-state index contributed by atoms with van der Waals surface area (Å²) in [5.41, 5.74) is -2.25. The molecule has 0 aliphatic heterocycles. The molecule has 0 bridgehead atoms. The summed E-state index contributed by atoms with van der Waals surface area (Å²) in [6.45, 7) is 2.28.